The molecule has 0 unspecified atom stereocenters. The third kappa shape index (κ3) is 1.74. The lowest BCUT2D eigenvalue weighted by Crippen LogP contribution is -2.00. The fourth-order valence-corrected chi connectivity index (χ4v) is 1.24. The number of esters is 1. The molecular weight excluding hydrogens is 196 g/mol. The normalized spacial score (nSPS) is 10.3. The number of aromatic amines is 1. The summed E-state index contributed by atoms with van der Waals surface area (Å²) < 4.78 is 6.23. The van der Waals surface area contributed by atoms with Gasteiger partial charge in [-0.1, -0.05) is 0 Å². The van der Waals surface area contributed by atoms with Gasteiger partial charge in [-0.2, -0.15) is 10.2 Å². The van der Waals surface area contributed by atoms with Crippen LogP contribution in [0.25, 0.3) is 11.3 Å². The molecule has 0 aliphatic rings. The van der Waals surface area contributed by atoms with E-state index in [-0.39, 0.29) is 0 Å². The quantitative estimate of drug-likeness (QED) is 0.730. The first-order valence-corrected chi connectivity index (χ1v) is 4.33. The van der Waals surface area contributed by atoms with Crippen molar-refractivity contribution in [2.24, 2.45) is 7.05 Å². The second kappa shape index (κ2) is 3.56. The van der Waals surface area contributed by atoms with Gasteiger partial charge in [0.05, 0.1) is 19.0 Å². The molecule has 0 aliphatic heterocycles. The average Bonchev–Trinajstić information content (AvgIpc) is 2.84. The molecule has 2 heterocycles. The smallest absolute Gasteiger partial charge is 0.356 e. The maximum absolute atomic E-state index is 11.1. The highest BCUT2D eigenvalue weighted by Gasteiger charge is 2.11. The Hall–Kier alpha value is -2.11. The molecule has 0 spiro atoms. The molecule has 2 aromatic heterocycles. The molecule has 0 saturated heterocycles. The Morgan fingerprint density at radius 1 is 1.60 bits per heavy atom. The SMILES string of the molecule is COC(=O)c1cc(-c2cnn(C)c2)n[nH]1. The van der Waals surface area contributed by atoms with E-state index < -0.39 is 5.97 Å². The number of hydrogen-bond acceptors (Lipinski definition) is 4. The molecule has 6 nitrogen and oxygen atoms in total. The van der Waals surface area contributed by atoms with Crippen LogP contribution in [0.4, 0.5) is 0 Å². The Bertz CT molecular complexity index is 486. The minimum atomic E-state index is -0.433. The van der Waals surface area contributed by atoms with E-state index in [4.69, 9.17) is 0 Å². The molecular formula is C9H10N4O2. The number of rotatable bonds is 2. The fraction of sp³-hybridized carbons (Fsp3) is 0.222. The van der Waals surface area contributed by atoms with E-state index >= 15 is 0 Å². The summed E-state index contributed by atoms with van der Waals surface area (Å²) in [6.45, 7) is 0. The summed E-state index contributed by atoms with van der Waals surface area (Å²) in [6, 6.07) is 1.63. The first-order chi connectivity index (χ1) is 7.20. The largest absolute Gasteiger partial charge is 0.464 e. The number of aromatic nitrogens is 4. The second-order valence-corrected chi connectivity index (χ2v) is 3.06. The number of nitrogens with one attached hydrogen (secondary N) is 1. The standard InChI is InChI=1S/C9H10N4O2/c1-13-5-6(4-10-13)7-3-8(12-11-7)9(14)15-2/h3-5H,1-2H3,(H,11,12). The molecule has 2 aromatic rings. The van der Waals surface area contributed by atoms with Crippen LogP contribution in [0.2, 0.25) is 0 Å². The van der Waals surface area contributed by atoms with Gasteiger partial charge in [0.2, 0.25) is 0 Å². The number of nitrogens with zero attached hydrogens (tertiary/aromatic N) is 3. The van der Waals surface area contributed by atoms with Crippen LogP contribution >= 0.6 is 0 Å². The van der Waals surface area contributed by atoms with Crippen LogP contribution in [0.15, 0.2) is 18.5 Å². The summed E-state index contributed by atoms with van der Waals surface area (Å²) in [5.74, 6) is -0.433. The van der Waals surface area contributed by atoms with E-state index in [1.165, 1.54) is 7.11 Å². The Balaban J connectivity index is 2.31. The molecule has 0 fully saturated rings. The van der Waals surface area contributed by atoms with Crippen molar-refractivity contribution in [3.63, 3.8) is 0 Å². The summed E-state index contributed by atoms with van der Waals surface area (Å²) in [5, 5.41) is 10.6. The molecule has 15 heavy (non-hydrogen) atoms. The van der Waals surface area contributed by atoms with Crippen molar-refractivity contribution in [2.45, 2.75) is 0 Å². The van der Waals surface area contributed by atoms with Crippen molar-refractivity contribution in [1.82, 2.24) is 20.0 Å². The number of ether oxygens (including phenoxy) is 1. The molecule has 0 aromatic carbocycles. The number of hydrogen-bond donors (Lipinski definition) is 1. The molecule has 6 heteroatoms. The van der Waals surface area contributed by atoms with Crippen LogP contribution in [0, 0.1) is 0 Å². The van der Waals surface area contributed by atoms with Crippen molar-refractivity contribution in [3.05, 3.63) is 24.2 Å². The highest BCUT2D eigenvalue weighted by Crippen LogP contribution is 2.16. The predicted molar refractivity (Wildman–Crippen MR) is 52.1 cm³/mol. The predicted octanol–water partition coefficient (Wildman–Crippen LogP) is 0.597. The number of carbonyl (C=O) groups excluding carboxylic acids is 1. The van der Waals surface area contributed by atoms with Crippen molar-refractivity contribution in [2.75, 3.05) is 7.11 Å². The van der Waals surface area contributed by atoms with Gasteiger partial charge in [-0.25, -0.2) is 4.79 Å². The Kier molecular flexibility index (Phi) is 2.24. The van der Waals surface area contributed by atoms with Gasteiger partial charge < -0.3 is 4.74 Å². The molecule has 0 radical (unpaired) electrons. The summed E-state index contributed by atoms with van der Waals surface area (Å²) >= 11 is 0. The molecule has 0 bridgehead atoms. The third-order valence-electron chi connectivity index (χ3n) is 1.98. The van der Waals surface area contributed by atoms with Crippen LogP contribution in [-0.2, 0) is 11.8 Å². The van der Waals surface area contributed by atoms with E-state index in [2.05, 4.69) is 20.0 Å². The van der Waals surface area contributed by atoms with Crippen molar-refractivity contribution >= 4 is 5.97 Å². The lowest BCUT2D eigenvalue weighted by Gasteiger charge is -1.90. The summed E-state index contributed by atoms with van der Waals surface area (Å²) in [5.41, 5.74) is 1.85. The first kappa shape index (κ1) is 9.45. The Morgan fingerprint density at radius 3 is 3.00 bits per heavy atom. The lowest BCUT2D eigenvalue weighted by atomic mass is 10.2. The first-order valence-electron chi connectivity index (χ1n) is 4.33. The minimum absolute atomic E-state index is 0.330. The van der Waals surface area contributed by atoms with E-state index in [0.717, 1.165) is 5.56 Å². The summed E-state index contributed by atoms with van der Waals surface area (Å²) in [6.07, 6.45) is 3.49. The van der Waals surface area contributed by atoms with Gasteiger partial charge in [-0.3, -0.25) is 9.78 Å². The summed E-state index contributed by atoms with van der Waals surface area (Å²) in [7, 11) is 3.14. The lowest BCUT2D eigenvalue weighted by molar-refractivity contribution is 0.0594. The van der Waals surface area contributed by atoms with Crippen molar-refractivity contribution in [1.29, 1.82) is 0 Å². The van der Waals surface area contributed by atoms with Gasteiger partial charge in [-0.15, -0.1) is 0 Å². The summed E-state index contributed by atoms with van der Waals surface area (Å²) in [4.78, 5) is 11.1. The number of aryl methyl sites for hydroxylation is 1. The number of methoxy groups -OCH3 is 1. The molecule has 0 amide bonds. The van der Waals surface area contributed by atoms with Crippen LogP contribution in [0.3, 0.4) is 0 Å². The van der Waals surface area contributed by atoms with Crippen LogP contribution in [0.5, 0.6) is 0 Å². The molecule has 0 aliphatic carbocycles. The van der Waals surface area contributed by atoms with Crippen molar-refractivity contribution in [3.8, 4) is 11.3 Å². The highest BCUT2D eigenvalue weighted by atomic mass is 16.5. The highest BCUT2D eigenvalue weighted by molar-refractivity contribution is 5.88. The van der Waals surface area contributed by atoms with Gasteiger partial charge in [0.1, 0.15) is 5.69 Å². The fourth-order valence-electron chi connectivity index (χ4n) is 1.24. The van der Waals surface area contributed by atoms with Gasteiger partial charge >= 0.3 is 5.97 Å². The Labute approximate surface area is 85.9 Å². The zero-order valence-electron chi connectivity index (χ0n) is 8.39. The molecule has 78 valence electrons. The van der Waals surface area contributed by atoms with E-state index in [9.17, 15) is 4.79 Å². The molecule has 1 N–H and O–H groups in total. The van der Waals surface area contributed by atoms with Crippen LogP contribution in [-0.4, -0.2) is 33.1 Å². The van der Waals surface area contributed by atoms with Crippen LogP contribution in [0.1, 0.15) is 10.5 Å². The average molecular weight is 206 g/mol. The Morgan fingerprint density at radius 2 is 2.40 bits per heavy atom. The second-order valence-electron chi connectivity index (χ2n) is 3.06. The number of H-pyrrole nitrogens is 1. The third-order valence-corrected chi connectivity index (χ3v) is 1.98. The van der Waals surface area contributed by atoms with E-state index in [0.29, 0.717) is 11.4 Å². The zero-order valence-corrected chi connectivity index (χ0v) is 8.39. The van der Waals surface area contributed by atoms with E-state index in [1.54, 1.807) is 16.9 Å². The van der Waals surface area contributed by atoms with Gasteiger partial charge in [-0.05, 0) is 6.07 Å². The monoisotopic (exact) mass is 206 g/mol. The van der Waals surface area contributed by atoms with Gasteiger partial charge in [0.15, 0.2) is 0 Å². The molecule has 0 atom stereocenters. The van der Waals surface area contributed by atoms with Crippen LogP contribution < -0.4 is 0 Å². The topological polar surface area (TPSA) is 72.8 Å². The molecule has 0 saturated carbocycles. The maximum atomic E-state index is 11.1. The van der Waals surface area contributed by atoms with E-state index in [1.807, 2.05) is 13.2 Å². The van der Waals surface area contributed by atoms with Gasteiger partial charge in [0.25, 0.3) is 0 Å². The number of carbonyl (C=O) groups is 1. The van der Waals surface area contributed by atoms with Gasteiger partial charge in [0, 0.05) is 18.8 Å². The molecule has 2 rings (SSSR count). The maximum Gasteiger partial charge on any atom is 0.356 e. The van der Waals surface area contributed by atoms with Crippen molar-refractivity contribution < 1.29 is 9.53 Å². The zero-order chi connectivity index (χ0) is 10.8. The minimum Gasteiger partial charge on any atom is -0.464 e.